The van der Waals surface area contributed by atoms with Crippen molar-refractivity contribution in [2.45, 2.75) is 82.7 Å². The van der Waals surface area contributed by atoms with Gasteiger partial charge in [0.15, 0.2) is 5.96 Å². The molecule has 0 radical (unpaired) electrons. The highest BCUT2D eigenvalue weighted by atomic mass is 19.3. The lowest BCUT2D eigenvalue weighted by atomic mass is 9.86. The minimum absolute atomic E-state index is 0.00116. The van der Waals surface area contributed by atoms with Gasteiger partial charge in [-0.2, -0.15) is 8.78 Å². The van der Waals surface area contributed by atoms with Gasteiger partial charge < -0.3 is 20.5 Å². The molecule has 2 aromatic rings. The van der Waals surface area contributed by atoms with Crippen LogP contribution < -0.4 is 10.6 Å². The monoisotopic (exact) mass is 542 g/mol. The summed E-state index contributed by atoms with van der Waals surface area (Å²) in [6.07, 6.45) is 1.86. The molecule has 0 bridgehead atoms. The van der Waals surface area contributed by atoms with Crippen LogP contribution in [-0.2, 0) is 16.0 Å². The lowest BCUT2D eigenvalue weighted by Gasteiger charge is -2.45. The zero-order chi connectivity index (χ0) is 28.4. The summed E-state index contributed by atoms with van der Waals surface area (Å²) in [5, 5.41) is 25.7. The van der Waals surface area contributed by atoms with Crippen LogP contribution in [-0.4, -0.2) is 52.1 Å². The van der Waals surface area contributed by atoms with Gasteiger partial charge in [-0.05, 0) is 55.0 Å². The lowest BCUT2D eigenvalue weighted by Crippen LogP contribution is -2.62. The van der Waals surface area contributed by atoms with Crippen LogP contribution in [0.3, 0.4) is 0 Å². The maximum absolute atomic E-state index is 13.4. The normalized spacial score (nSPS) is 22.9. The number of carbonyl (C=O) groups is 2. The van der Waals surface area contributed by atoms with E-state index in [0.29, 0.717) is 24.8 Å². The Kier molecular flexibility index (Phi) is 8.37. The van der Waals surface area contributed by atoms with Crippen LogP contribution in [0.1, 0.15) is 85.6 Å². The highest BCUT2D eigenvalue weighted by molar-refractivity contribution is 6.00. The number of guanidine groups is 1. The number of rotatable bonds is 10. The number of fused-ring (bicyclic) bond motifs is 1. The number of alkyl halides is 2. The Morgan fingerprint density at radius 2 is 1.92 bits per heavy atom. The summed E-state index contributed by atoms with van der Waals surface area (Å²) in [6.45, 7) is 2.27. The van der Waals surface area contributed by atoms with Gasteiger partial charge in [0.25, 0.3) is 5.91 Å². The van der Waals surface area contributed by atoms with E-state index in [2.05, 4.69) is 15.4 Å². The number of ether oxygens (including phenoxy) is 1. The number of hydrogen-bond donors (Lipinski definition) is 4. The van der Waals surface area contributed by atoms with Gasteiger partial charge in [-0.25, -0.2) is 0 Å². The molecular weight excluding hydrogens is 506 g/mol. The Labute approximate surface area is 227 Å². The van der Waals surface area contributed by atoms with E-state index in [9.17, 15) is 23.5 Å². The zero-order valence-corrected chi connectivity index (χ0v) is 22.5. The van der Waals surface area contributed by atoms with Crippen molar-refractivity contribution in [3.8, 4) is 0 Å². The van der Waals surface area contributed by atoms with Gasteiger partial charge in [-0.15, -0.1) is 0 Å². The molecule has 2 aromatic carbocycles. The third-order valence-corrected chi connectivity index (χ3v) is 8.03. The maximum atomic E-state index is 13.4. The quantitative estimate of drug-likeness (QED) is 0.354. The molecule has 8 nitrogen and oxygen atoms in total. The van der Waals surface area contributed by atoms with Gasteiger partial charge in [-0.1, -0.05) is 50.2 Å². The molecule has 1 aliphatic carbocycles. The molecule has 1 aliphatic heterocycles. The second-order valence-electron chi connectivity index (χ2n) is 10.6. The molecule has 1 fully saturated rings. The number of aliphatic hydroxyl groups is 1. The second kappa shape index (κ2) is 11.4. The molecule has 0 spiro atoms. The number of carbonyl (C=O) groups excluding carboxylic acids is 2. The smallest absolute Gasteiger partial charge is 0.345 e. The number of nitrogens with one attached hydrogen (secondary N) is 3. The third-order valence-electron chi connectivity index (χ3n) is 8.03. The van der Waals surface area contributed by atoms with E-state index in [1.807, 2.05) is 38.1 Å². The first-order valence-corrected chi connectivity index (χ1v) is 13.3. The molecule has 1 heterocycles. The first-order chi connectivity index (χ1) is 18.5. The van der Waals surface area contributed by atoms with Crippen molar-refractivity contribution >= 4 is 17.8 Å². The molecule has 3 atom stereocenters. The molecule has 0 aromatic heterocycles. The number of amides is 2. The minimum atomic E-state index is -2.97. The van der Waals surface area contributed by atoms with Crippen molar-refractivity contribution in [1.82, 2.24) is 15.5 Å². The van der Waals surface area contributed by atoms with Crippen molar-refractivity contribution in [2.75, 3.05) is 6.61 Å². The molecule has 0 saturated carbocycles. The van der Waals surface area contributed by atoms with Crippen LogP contribution in [0.25, 0.3) is 0 Å². The van der Waals surface area contributed by atoms with Crippen molar-refractivity contribution in [1.29, 1.82) is 5.41 Å². The van der Waals surface area contributed by atoms with Crippen molar-refractivity contribution in [3.05, 3.63) is 70.8 Å². The number of hydrogen-bond acceptors (Lipinski definition) is 5. The number of halogens is 2. The van der Waals surface area contributed by atoms with E-state index < -0.39 is 35.7 Å². The van der Waals surface area contributed by atoms with E-state index in [1.165, 1.54) is 4.90 Å². The van der Waals surface area contributed by atoms with E-state index in [0.717, 1.165) is 11.1 Å². The van der Waals surface area contributed by atoms with Crippen LogP contribution >= 0.6 is 0 Å². The van der Waals surface area contributed by atoms with E-state index in [1.54, 1.807) is 31.2 Å². The fraction of sp³-hybridized carbons (Fsp3) is 0.483. The average molecular weight is 543 g/mol. The van der Waals surface area contributed by atoms with Crippen LogP contribution in [0.15, 0.2) is 48.5 Å². The topological polar surface area (TPSA) is 115 Å². The molecule has 4 N–H and O–H groups in total. The third kappa shape index (κ3) is 5.96. The first-order valence-electron chi connectivity index (χ1n) is 13.3. The molecule has 39 heavy (non-hydrogen) atoms. The fourth-order valence-electron chi connectivity index (χ4n) is 5.71. The van der Waals surface area contributed by atoms with Crippen molar-refractivity contribution < 1.29 is 28.2 Å². The Bertz CT molecular complexity index is 1210. The van der Waals surface area contributed by atoms with Crippen molar-refractivity contribution in [2.24, 2.45) is 0 Å². The Morgan fingerprint density at radius 3 is 2.59 bits per heavy atom. The Balaban J connectivity index is 1.61. The summed E-state index contributed by atoms with van der Waals surface area (Å²) in [5.41, 5.74) is 0.906. The fourth-order valence-corrected chi connectivity index (χ4v) is 5.71. The largest absolute Gasteiger partial charge is 0.387 e. The molecule has 4 rings (SSSR count). The highest BCUT2D eigenvalue weighted by Gasteiger charge is 2.43. The number of benzene rings is 2. The van der Waals surface area contributed by atoms with Crippen LogP contribution in [0.5, 0.6) is 0 Å². The predicted octanol–water partition coefficient (Wildman–Crippen LogP) is 4.45. The summed E-state index contributed by atoms with van der Waals surface area (Å²) in [7, 11) is 0. The van der Waals surface area contributed by atoms with Crippen LogP contribution in [0, 0.1) is 5.41 Å². The number of nitrogens with zero attached hydrogens (tertiary/aromatic N) is 1. The van der Waals surface area contributed by atoms with Crippen LogP contribution in [0.4, 0.5) is 8.78 Å². The van der Waals surface area contributed by atoms with Gasteiger partial charge in [0.05, 0.1) is 30.7 Å². The Hall–Kier alpha value is -3.37. The maximum Gasteiger partial charge on any atom is 0.345 e. The summed E-state index contributed by atoms with van der Waals surface area (Å²) in [6, 6.07) is 12.7. The lowest BCUT2D eigenvalue weighted by molar-refractivity contribution is -0.138. The summed E-state index contributed by atoms with van der Waals surface area (Å²) in [5.74, 6) is -0.820. The standard InChI is InChI=1S/C29H36F2N4O4/c1-4-29(5-2)17-23(36)35(27(32)34-29)22(13-14-39-26(30)31)18-10-8-11-19(15-18)25(37)33-24-21-12-7-6-9-20(21)16-28(24,3)38/h6-12,15,22,24,26,38H,4-5,13-14,16-17H2,1-3H3,(H2,32,34)(H,33,37)/t22?,24-,28-/m1/s1. The highest BCUT2D eigenvalue weighted by Crippen LogP contribution is 2.39. The molecule has 2 aliphatic rings. The SMILES string of the molecule is CCC1(CC)CC(=O)N(C(CCOC(F)F)c2cccc(C(=O)N[C@@H]3c4ccccc4C[C@@]3(C)O)c2)C(=N)N1. The summed E-state index contributed by atoms with van der Waals surface area (Å²) in [4.78, 5) is 28.0. The predicted molar refractivity (Wildman–Crippen MR) is 142 cm³/mol. The van der Waals surface area contributed by atoms with E-state index >= 15 is 0 Å². The van der Waals surface area contributed by atoms with Gasteiger partial charge in [0.1, 0.15) is 0 Å². The van der Waals surface area contributed by atoms with E-state index in [-0.39, 0.29) is 36.9 Å². The Morgan fingerprint density at radius 1 is 1.21 bits per heavy atom. The zero-order valence-electron chi connectivity index (χ0n) is 22.5. The minimum Gasteiger partial charge on any atom is -0.387 e. The molecule has 10 heteroatoms. The molecule has 1 saturated heterocycles. The van der Waals surface area contributed by atoms with Crippen LogP contribution in [0.2, 0.25) is 0 Å². The van der Waals surface area contributed by atoms with E-state index in [4.69, 9.17) is 5.41 Å². The van der Waals surface area contributed by atoms with Gasteiger partial charge >= 0.3 is 6.61 Å². The van der Waals surface area contributed by atoms with Gasteiger partial charge in [0.2, 0.25) is 5.91 Å². The van der Waals surface area contributed by atoms with Gasteiger partial charge in [0, 0.05) is 17.5 Å². The summed E-state index contributed by atoms with van der Waals surface area (Å²) >= 11 is 0. The first kappa shape index (κ1) is 28.6. The average Bonchev–Trinajstić information content (AvgIpc) is 3.16. The van der Waals surface area contributed by atoms with Gasteiger partial charge in [-0.3, -0.25) is 19.9 Å². The second-order valence-corrected chi connectivity index (χ2v) is 10.6. The molecule has 210 valence electrons. The summed E-state index contributed by atoms with van der Waals surface area (Å²) < 4.78 is 30.0. The molecular formula is C29H36F2N4O4. The van der Waals surface area contributed by atoms with Crippen molar-refractivity contribution in [3.63, 3.8) is 0 Å². The molecule has 2 amide bonds. The molecule has 1 unspecified atom stereocenters.